The van der Waals surface area contributed by atoms with Gasteiger partial charge in [0, 0.05) is 30.4 Å². The van der Waals surface area contributed by atoms with Gasteiger partial charge in [-0.2, -0.15) is 11.8 Å². The summed E-state index contributed by atoms with van der Waals surface area (Å²) in [6.07, 6.45) is 6.48. The Balaban J connectivity index is 1.76. The van der Waals surface area contributed by atoms with Crippen LogP contribution in [-0.4, -0.2) is 48.1 Å². The highest BCUT2D eigenvalue weighted by atomic mass is 32.2. The first kappa shape index (κ1) is 12.7. The Hall–Kier alpha value is 0.270. The highest BCUT2D eigenvalue weighted by Gasteiger charge is 2.35. The van der Waals surface area contributed by atoms with E-state index in [9.17, 15) is 0 Å². The van der Waals surface area contributed by atoms with Crippen LogP contribution in [0, 0.1) is 5.92 Å². The molecule has 0 radical (unpaired) electrons. The van der Waals surface area contributed by atoms with Gasteiger partial charge in [0.15, 0.2) is 0 Å². The zero-order valence-corrected chi connectivity index (χ0v) is 11.7. The molecular formula is C13H26N2S. The highest BCUT2D eigenvalue weighted by Crippen LogP contribution is 2.34. The molecular weight excluding hydrogens is 216 g/mol. The van der Waals surface area contributed by atoms with Crippen molar-refractivity contribution < 1.29 is 0 Å². The summed E-state index contributed by atoms with van der Waals surface area (Å²) in [5.41, 5.74) is 0. The van der Waals surface area contributed by atoms with Crippen LogP contribution in [0.3, 0.4) is 0 Å². The normalized spacial score (nSPS) is 33.9. The van der Waals surface area contributed by atoms with Crippen molar-refractivity contribution in [2.45, 2.75) is 50.4 Å². The topological polar surface area (TPSA) is 15.3 Å². The minimum Gasteiger partial charge on any atom is -0.311 e. The van der Waals surface area contributed by atoms with Crippen molar-refractivity contribution in [3.05, 3.63) is 0 Å². The van der Waals surface area contributed by atoms with Gasteiger partial charge in [0.25, 0.3) is 0 Å². The fourth-order valence-corrected chi connectivity index (χ4v) is 2.88. The van der Waals surface area contributed by atoms with Crippen LogP contribution in [-0.2, 0) is 0 Å². The largest absolute Gasteiger partial charge is 0.311 e. The minimum atomic E-state index is 0.726. The van der Waals surface area contributed by atoms with Crippen molar-refractivity contribution in [3.63, 3.8) is 0 Å². The Labute approximate surface area is 105 Å². The van der Waals surface area contributed by atoms with Gasteiger partial charge in [0.1, 0.15) is 0 Å². The molecule has 0 amide bonds. The molecule has 1 heterocycles. The summed E-state index contributed by atoms with van der Waals surface area (Å²) in [6, 6.07) is 1.52. The number of nitrogens with zero attached hydrogens (tertiary/aromatic N) is 1. The maximum absolute atomic E-state index is 3.72. The summed E-state index contributed by atoms with van der Waals surface area (Å²) in [7, 11) is 0. The average molecular weight is 242 g/mol. The molecule has 1 aliphatic carbocycles. The average Bonchev–Trinajstić information content (AvgIpc) is 3.11. The van der Waals surface area contributed by atoms with Crippen molar-refractivity contribution >= 4 is 11.8 Å². The van der Waals surface area contributed by atoms with E-state index in [1.165, 1.54) is 38.9 Å². The van der Waals surface area contributed by atoms with Gasteiger partial charge >= 0.3 is 0 Å². The third-order valence-electron chi connectivity index (χ3n) is 4.15. The Morgan fingerprint density at radius 3 is 2.81 bits per heavy atom. The molecule has 94 valence electrons. The van der Waals surface area contributed by atoms with E-state index >= 15 is 0 Å². The Kier molecular flexibility index (Phi) is 4.57. The second-order valence-electron chi connectivity index (χ2n) is 5.53. The van der Waals surface area contributed by atoms with Crippen LogP contribution >= 0.6 is 11.8 Å². The molecule has 3 unspecified atom stereocenters. The third-order valence-corrected chi connectivity index (χ3v) is 5.19. The van der Waals surface area contributed by atoms with Gasteiger partial charge in [-0.05, 0) is 44.9 Å². The van der Waals surface area contributed by atoms with E-state index in [4.69, 9.17) is 0 Å². The van der Waals surface area contributed by atoms with Crippen LogP contribution < -0.4 is 5.32 Å². The summed E-state index contributed by atoms with van der Waals surface area (Å²) in [6.45, 7) is 8.46. The molecule has 2 nitrogen and oxygen atoms in total. The first-order valence-corrected chi connectivity index (χ1v) is 7.99. The molecule has 0 spiro atoms. The molecule has 0 aromatic heterocycles. The summed E-state index contributed by atoms with van der Waals surface area (Å²) in [5.74, 6) is 0.993. The molecule has 3 heteroatoms. The zero-order valence-electron chi connectivity index (χ0n) is 10.9. The van der Waals surface area contributed by atoms with E-state index in [-0.39, 0.29) is 0 Å². The Morgan fingerprint density at radius 2 is 2.19 bits per heavy atom. The molecule has 1 saturated carbocycles. The number of nitrogens with one attached hydrogen (secondary N) is 1. The van der Waals surface area contributed by atoms with E-state index in [0.717, 1.165) is 23.3 Å². The predicted octanol–water partition coefficient (Wildman–Crippen LogP) is 2.20. The van der Waals surface area contributed by atoms with Gasteiger partial charge in [-0.25, -0.2) is 0 Å². The second-order valence-corrected chi connectivity index (χ2v) is 6.81. The van der Waals surface area contributed by atoms with Crippen LogP contribution in [0.5, 0.6) is 0 Å². The van der Waals surface area contributed by atoms with E-state index in [1.807, 2.05) is 11.8 Å². The molecule has 1 N–H and O–H groups in total. The maximum Gasteiger partial charge on any atom is 0.0224 e. The molecule has 3 atom stereocenters. The van der Waals surface area contributed by atoms with Gasteiger partial charge < -0.3 is 5.32 Å². The molecule has 2 aliphatic rings. The molecule has 0 aromatic carbocycles. The quantitative estimate of drug-likeness (QED) is 0.796. The van der Waals surface area contributed by atoms with Gasteiger partial charge in [-0.3, -0.25) is 4.90 Å². The summed E-state index contributed by atoms with van der Waals surface area (Å²) in [4.78, 5) is 2.70. The lowest BCUT2D eigenvalue weighted by Gasteiger charge is -2.39. The SMILES string of the molecule is CSC(C)CCN1CC(C2CC2)NCC1C. The standard InChI is InChI=1S/C13H26N2S/c1-10-8-14-13(12-4-5-12)9-15(10)7-6-11(2)16-3/h10-14H,4-9H2,1-3H3. The summed E-state index contributed by atoms with van der Waals surface area (Å²) >= 11 is 1.99. The van der Waals surface area contributed by atoms with Gasteiger partial charge in [-0.1, -0.05) is 6.92 Å². The molecule has 0 aromatic rings. The highest BCUT2D eigenvalue weighted by molar-refractivity contribution is 7.99. The number of hydrogen-bond acceptors (Lipinski definition) is 3. The van der Waals surface area contributed by atoms with Crippen LogP contribution in [0.2, 0.25) is 0 Å². The molecule has 2 rings (SSSR count). The van der Waals surface area contributed by atoms with Crippen LogP contribution in [0.4, 0.5) is 0 Å². The predicted molar refractivity (Wildman–Crippen MR) is 73.1 cm³/mol. The summed E-state index contributed by atoms with van der Waals surface area (Å²) in [5, 5.41) is 4.52. The molecule has 2 fully saturated rings. The van der Waals surface area contributed by atoms with Crippen LogP contribution in [0.25, 0.3) is 0 Å². The van der Waals surface area contributed by atoms with Crippen molar-refractivity contribution in [1.29, 1.82) is 0 Å². The number of hydrogen-bond donors (Lipinski definition) is 1. The maximum atomic E-state index is 3.72. The molecule has 16 heavy (non-hydrogen) atoms. The van der Waals surface area contributed by atoms with Gasteiger partial charge in [-0.15, -0.1) is 0 Å². The van der Waals surface area contributed by atoms with Gasteiger partial charge in [0.05, 0.1) is 0 Å². The monoisotopic (exact) mass is 242 g/mol. The first-order valence-electron chi connectivity index (χ1n) is 6.71. The Bertz CT molecular complexity index is 218. The van der Waals surface area contributed by atoms with E-state index in [0.29, 0.717) is 0 Å². The fourth-order valence-electron chi connectivity index (χ4n) is 2.54. The van der Waals surface area contributed by atoms with E-state index in [1.54, 1.807) is 0 Å². The first-order chi connectivity index (χ1) is 7.70. The minimum absolute atomic E-state index is 0.726. The summed E-state index contributed by atoms with van der Waals surface area (Å²) < 4.78 is 0. The van der Waals surface area contributed by atoms with E-state index in [2.05, 4.69) is 30.3 Å². The number of thioether (sulfide) groups is 1. The number of rotatable bonds is 5. The van der Waals surface area contributed by atoms with Crippen LogP contribution in [0.1, 0.15) is 33.1 Å². The van der Waals surface area contributed by atoms with Gasteiger partial charge in [0.2, 0.25) is 0 Å². The molecule has 0 bridgehead atoms. The Morgan fingerprint density at radius 1 is 1.44 bits per heavy atom. The second kappa shape index (κ2) is 5.74. The molecule has 1 aliphatic heterocycles. The van der Waals surface area contributed by atoms with Crippen LogP contribution in [0.15, 0.2) is 0 Å². The van der Waals surface area contributed by atoms with Crippen molar-refractivity contribution in [2.75, 3.05) is 25.9 Å². The van der Waals surface area contributed by atoms with Crippen molar-refractivity contribution in [3.8, 4) is 0 Å². The number of piperazine rings is 1. The lowest BCUT2D eigenvalue weighted by molar-refractivity contribution is 0.131. The van der Waals surface area contributed by atoms with Crippen molar-refractivity contribution in [2.24, 2.45) is 5.92 Å². The fraction of sp³-hybridized carbons (Fsp3) is 1.00. The lowest BCUT2D eigenvalue weighted by atomic mass is 10.1. The van der Waals surface area contributed by atoms with E-state index < -0.39 is 0 Å². The lowest BCUT2D eigenvalue weighted by Crippen LogP contribution is -2.56. The van der Waals surface area contributed by atoms with Crippen molar-refractivity contribution in [1.82, 2.24) is 10.2 Å². The smallest absolute Gasteiger partial charge is 0.0224 e. The zero-order chi connectivity index (χ0) is 11.5. The third kappa shape index (κ3) is 3.38. The molecule has 1 saturated heterocycles.